The Kier molecular flexibility index (Phi) is 6.15. The summed E-state index contributed by atoms with van der Waals surface area (Å²) in [5.74, 6) is -0.489. The zero-order chi connectivity index (χ0) is 15.9. The Morgan fingerprint density at radius 3 is 2.27 bits per heavy atom. The third kappa shape index (κ3) is 3.96. The van der Waals surface area contributed by atoms with Crippen LogP contribution in [0.2, 0.25) is 0 Å². The average molecular weight is 408 g/mol. The van der Waals surface area contributed by atoms with E-state index in [1.165, 1.54) is 0 Å². The molecule has 0 radical (unpaired) electrons. The normalized spacial score (nSPS) is 12.8. The minimum Gasteiger partial charge on any atom is -0.463 e. The third-order valence-electron chi connectivity index (χ3n) is 3.26. The van der Waals surface area contributed by atoms with E-state index in [-0.39, 0.29) is 12.2 Å². The number of esters is 1. The van der Waals surface area contributed by atoms with E-state index in [0.29, 0.717) is 5.56 Å². The minimum atomic E-state index is -0.985. The summed E-state index contributed by atoms with van der Waals surface area (Å²) in [5, 5.41) is 10.4. The number of carbonyl (C=O) groups is 1. The van der Waals surface area contributed by atoms with Crippen molar-refractivity contribution >= 4 is 28.6 Å². The topological polar surface area (TPSA) is 46.5 Å². The van der Waals surface area contributed by atoms with Gasteiger partial charge in [0.2, 0.25) is 0 Å². The van der Waals surface area contributed by atoms with Crippen LogP contribution in [0.15, 0.2) is 64.3 Å². The number of hydrogen-bond acceptors (Lipinski definition) is 3. The summed E-state index contributed by atoms with van der Waals surface area (Å²) in [4.78, 5) is 11.8. The molecular weight excluding hydrogens is 391 g/mol. The standard InChI is InChI=1S/C18H17IO3/c1-2-22-18(21)16(12-19)17(20)15-10-8-14(9-11-15)13-6-4-3-5-7-13/h3-12,17,20H,2H2,1H3/b16-12-/t17-/m0/s1. The Balaban J connectivity index is 2.21. The first-order chi connectivity index (χ1) is 10.7. The number of carbonyl (C=O) groups excluding carboxylic acids is 1. The molecule has 0 saturated carbocycles. The molecule has 1 atom stereocenters. The summed E-state index contributed by atoms with van der Waals surface area (Å²) in [7, 11) is 0. The molecule has 0 aliphatic heterocycles. The van der Waals surface area contributed by atoms with Crippen molar-refractivity contribution < 1.29 is 14.6 Å². The van der Waals surface area contributed by atoms with Gasteiger partial charge in [0, 0.05) is 0 Å². The summed E-state index contributed by atoms with van der Waals surface area (Å²) in [6.45, 7) is 2.02. The lowest BCUT2D eigenvalue weighted by atomic mass is 9.99. The van der Waals surface area contributed by atoms with E-state index < -0.39 is 12.1 Å². The molecule has 0 aromatic heterocycles. The van der Waals surface area contributed by atoms with Crippen LogP contribution >= 0.6 is 22.6 Å². The Morgan fingerprint density at radius 2 is 1.73 bits per heavy atom. The molecule has 0 saturated heterocycles. The van der Waals surface area contributed by atoms with E-state index in [1.807, 2.05) is 77.2 Å². The molecule has 2 aromatic carbocycles. The second-order valence-corrected chi connectivity index (χ2v) is 5.30. The first kappa shape index (κ1) is 16.7. The zero-order valence-electron chi connectivity index (χ0n) is 12.2. The van der Waals surface area contributed by atoms with Crippen LogP contribution in [0.5, 0.6) is 0 Å². The van der Waals surface area contributed by atoms with Gasteiger partial charge in [0.05, 0.1) is 12.2 Å². The maximum absolute atomic E-state index is 11.8. The molecule has 2 aromatic rings. The predicted molar refractivity (Wildman–Crippen MR) is 95.6 cm³/mol. The molecule has 0 spiro atoms. The van der Waals surface area contributed by atoms with Crippen LogP contribution in [0, 0.1) is 0 Å². The largest absolute Gasteiger partial charge is 0.463 e. The summed E-state index contributed by atoms with van der Waals surface area (Å²) < 4.78 is 6.52. The van der Waals surface area contributed by atoms with Gasteiger partial charge in [0.1, 0.15) is 6.10 Å². The number of aliphatic hydroxyl groups excluding tert-OH is 1. The van der Waals surface area contributed by atoms with Gasteiger partial charge in [0.25, 0.3) is 0 Å². The van der Waals surface area contributed by atoms with Crippen LogP contribution < -0.4 is 0 Å². The average Bonchev–Trinajstić information content (AvgIpc) is 2.56. The molecular formula is C18H17IO3. The van der Waals surface area contributed by atoms with Crippen molar-refractivity contribution in [3.8, 4) is 11.1 Å². The van der Waals surface area contributed by atoms with Gasteiger partial charge < -0.3 is 9.84 Å². The monoisotopic (exact) mass is 408 g/mol. The van der Waals surface area contributed by atoms with Crippen molar-refractivity contribution in [2.45, 2.75) is 13.0 Å². The highest BCUT2D eigenvalue weighted by Crippen LogP contribution is 2.26. The van der Waals surface area contributed by atoms with Gasteiger partial charge in [-0.1, -0.05) is 77.2 Å². The second kappa shape index (κ2) is 8.10. The quantitative estimate of drug-likeness (QED) is 0.457. The summed E-state index contributed by atoms with van der Waals surface area (Å²) >= 11 is 1.94. The molecule has 0 unspecified atom stereocenters. The van der Waals surface area contributed by atoms with E-state index in [2.05, 4.69) is 0 Å². The van der Waals surface area contributed by atoms with E-state index >= 15 is 0 Å². The lowest BCUT2D eigenvalue weighted by Gasteiger charge is -2.14. The van der Waals surface area contributed by atoms with Gasteiger partial charge in [-0.05, 0) is 27.7 Å². The molecule has 0 heterocycles. The number of hydrogen-bond donors (Lipinski definition) is 1. The maximum Gasteiger partial charge on any atom is 0.337 e. The van der Waals surface area contributed by atoms with Crippen LogP contribution in [-0.2, 0) is 9.53 Å². The molecule has 114 valence electrons. The van der Waals surface area contributed by atoms with E-state index in [4.69, 9.17) is 4.74 Å². The van der Waals surface area contributed by atoms with Crippen molar-refractivity contribution in [1.82, 2.24) is 0 Å². The fraction of sp³-hybridized carbons (Fsp3) is 0.167. The number of benzene rings is 2. The lowest BCUT2D eigenvalue weighted by Crippen LogP contribution is -2.14. The van der Waals surface area contributed by atoms with Crippen molar-refractivity contribution in [2.75, 3.05) is 6.61 Å². The van der Waals surface area contributed by atoms with Crippen molar-refractivity contribution in [2.24, 2.45) is 0 Å². The van der Waals surface area contributed by atoms with Crippen LogP contribution in [0.25, 0.3) is 11.1 Å². The van der Waals surface area contributed by atoms with E-state index in [0.717, 1.165) is 11.1 Å². The first-order valence-corrected chi connectivity index (χ1v) is 8.22. The minimum absolute atomic E-state index is 0.245. The molecule has 0 bridgehead atoms. The Bertz CT molecular complexity index is 648. The van der Waals surface area contributed by atoms with Gasteiger partial charge in [-0.15, -0.1) is 0 Å². The smallest absolute Gasteiger partial charge is 0.337 e. The number of aliphatic hydroxyl groups is 1. The van der Waals surface area contributed by atoms with Crippen LogP contribution in [-0.4, -0.2) is 17.7 Å². The number of rotatable bonds is 5. The Labute approximate surface area is 143 Å². The fourth-order valence-electron chi connectivity index (χ4n) is 2.10. The van der Waals surface area contributed by atoms with Gasteiger partial charge in [-0.25, -0.2) is 4.79 Å². The second-order valence-electron chi connectivity index (χ2n) is 4.68. The first-order valence-electron chi connectivity index (χ1n) is 6.98. The summed E-state index contributed by atoms with van der Waals surface area (Å²) in [5.41, 5.74) is 3.08. The van der Waals surface area contributed by atoms with Gasteiger partial charge in [-0.2, -0.15) is 0 Å². The Hall–Kier alpha value is -1.66. The van der Waals surface area contributed by atoms with Crippen molar-refractivity contribution in [3.05, 3.63) is 69.8 Å². The van der Waals surface area contributed by atoms with Gasteiger partial charge in [0.15, 0.2) is 0 Å². The van der Waals surface area contributed by atoms with E-state index in [1.54, 1.807) is 11.0 Å². The summed E-state index contributed by atoms with van der Waals surface area (Å²) in [6.07, 6.45) is -0.985. The molecule has 0 aliphatic carbocycles. The highest BCUT2D eigenvalue weighted by molar-refractivity contribution is 14.1. The lowest BCUT2D eigenvalue weighted by molar-refractivity contribution is -0.139. The van der Waals surface area contributed by atoms with Crippen LogP contribution in [0.1, 0.15) is 18.6 Å². The van der Waals surface area contributed by atoms with Crippen LogP contribution in [0.4, 0.5) is 0 Å². The highest BCUT2D eigenvalue weighted by atomic mass is 127. The molecule has 0 amide bonds. The van der Waals surface area contributed by atoms with Crippen molar-refractivity contribution in [3.63, 3.8) is 0 Å². The molecule has 2 rings (SSSR count). The number of halogens is 1. The fourth-order valence-corrected chi connectivity index (χ4v) is 2.69. The van der Waals surface area contributed by atoms with Crippen molar-refractivity contribution in [1.29, 1.82) is 0 Å². The molecule has 4 heteroatoms. The molecule has 22 heavy (non-hydrogen) atoms. The molecule has 0 aliphatic rings. The Morgan fingerprint density at radius 1 is 1.14 bits per heavy atom. The highest BCUT2D eigenvalue weighted by Gasteiger charge is 2.21. The maximum atomic E-state index is 11.8. The van der Waals surface area contributed by atoms with E-state index in [9.17, 15) is 9.90 Å². The SMILES string of the molecule is CCOC(=O)/C(=C\I)[C@@H](O)c1ccc(-c2ccccc2)cc1. The number of ether oxygens (including phenoxy) is 1. The zero-order valence-corrected chi connectivity index (χ0v) is 14.4. The predicted octanol–water partition coefficient (Wildman–Crippen LogP) is 4.27. The third-order valence-corrected chi connectivity index (χ3v) is 3.93. The van der Waals surface area contributed by atoms with Gasteiger partial charge >= 0.3 is 5.97 Å². The molecule has 1 N–H and O–H groups in total. The van der Waals surface area contributed by atoms with Gasteiger partial charge in [-0.3, -0.25) is 0 Å². The molecule has 3 nitrogen and oxygen atoms in total. The molecule has 0 fully saturated rings. The van der Waals surface area contributed by atoms with Crippen LogP contribution in [0.3, 0.4) is 0 Å². The summed E-state index contributed by atoms with van der Waals surface area (Å²) in [6, 6.07) is 17.5.